The Balaban J connectivity index is 3.34. The van der Waals surface area contributed by atoms with E-state index in [4.69, 9.17) is 4.74 Å². The van der Waals surface area contributed by atoms with Crippen LogP contribution in [0.2, 0.25) is 0 Å². The van der Waals surface area contributed by atoms with Crippen molar-refractivity contribution in [2.45, 2.75) is 92.9 Å². The standard InChI is InChI=1S/C20H42O/c1-17(2)9-7-11-19(5)13-15-21-16-14-20(6)12-8-10-18(3)4/h17-20H,7-16H2,1-6H3. The van der Waals surface area contributed by atoms with Crippen molar-refractivity contribution in [3.63, 3.8) is 0 Å². The molecule has 0 saturated heterocycles. The quantitative estimate of drug-likeness (QED) is 0.324. The first-order valence-electron chi connectivity index (χ1n) is 9.49. The van der Waals surface area contributed by atoms with Gasteiger partial charge in [0.15, 0.2) is 0 Å². The Morgan fingerprint density at radius 3 is 1.24 bits per heavy atom. The molecule has 0 fully saturated rings. The summed E-state index contributed by atoms with van der Waals surface area (Å²) in [6, 6.07) is 0. The van der Waals surface area contributed by atoms with E-state index in [2.05, 4.69) is 41.5 Å². The third-order valence-corrected chi connectivity index (χ3v) is 4.47. The van der Waals surface area contributed by atoms with E-state index in [0.29, 0.717) is 0 Å². The van der Waals surface area contributed by atoms with Crippen LogP contribution in [0.1, 0.15) is 92.9 Å². The average Bonchev–Trinajstić information content (AvgIpc) is 2.37. The van der Waals surface area contributed by atoms with Crippen LogP contribution in [-0.4, -0.2) is 13.2 Å². The van der Waals surface area contributed by atoms with E-state index in [9.17, 15) is 0 Å². The van der Waals surface area contributed by atoms with Gasteiger partial charge in [0.1, 0.15) is 0 Å². The molecular formula is C20H42O. The molecule has 21 heavy (non-hydrogen) atoms. The molecule has 0 radical (unpaired) electrons. The van der Waals surface area contributed by atoms with Crippen LogP contribution in [0, 0.1) is 23.7 Å². The van der Waals surface area contributed by atoms with Gasteiger partial charge >= 0.3 is 0 Å². The van der Waals surface area contributed by atoms with Crippen LogP contribution in [0.3, 0.4) is 0 Å². The van der Waals surface area contributed by atoms with E-state index in [-0.39, 0.29) is 0 Å². The van der Waals surface area contributed by atoms with Crippen LogP contribution in [0.15, 0.2) is 0 Å². The molecule has 0 heterocycles. The Bertz CT molecular complexity index is 188. The molecule has 2 atom stereocenters. The molecule has 0 N–H and O–H groups in total. The van der Waals surface area contributed by atoms with Crippen molar-refractivity contribution in [1.82, 2.24) is 0 Å². The molecule has 0 bridgehead atoms. The molecule has 1 heteroatoms. The summed E-state index contributed by atoms with van der Waals surface area (Å²) >= 11 is 0. The van der Waals surface area contributed by atoms with Crippen molar-refractivity contribution in [3.05, 3.63) is 0 Å². The normalized spacial score (nSPS) is 14.9. The van der Waals surface area contributed by atoms with Crippen LogP contribution in [-0.2, 0) is 4.74 Å². The number of ether oxygens (including phenoxy) is 1. The van der Waals surface area contributed by atoms with Gasteiger partial charge in [0.05, 0.1) is 0 Å². The Kier molecular flexibility index (Phi) is 13.6. The van der Waals surface area contributed by atoms with Crippen molar-refractivity contribution < 1.29 is 4.74 Å². The zero-order valence-electron chi connectivity index (χ0n) is 15.8. The van der Waals surface area contributed by atoms with Gasteiger partial charge in [-0.2, -0.15) is 0 Å². The SMILES string of the molecule is CC(C)CCCC(C)CCOCCC(C)CCCC(C)C. The molecule has 2 unspecified atom stereocenters. The van der Waals surface area contributed by atoms with Crippen molar-refractivity contribution >= 4 is 0 Å². The Morgan fingerprint density at radius 1 is 0.524 bits per heavy atom. The maximum Gasteiger partial charge on any atom is 0.0468 e. The van der Waals surface area contributed by atoms with Crippen LogP contribution < -0.4 is 0 Å². The third-order valence-electron chi connectivity index (χ3n) is 4.47. The second-order valence-electron chi connectivity index (χ2n) is 8.05. The summed E-state index contributed by atoms with van der Waals surface area (Å²) in [6.07, 6.45) is 10.7. The zero-order chi connectivity index (χ0) is 16.1. The summed E-state index contributed by atoms with van der Waals surface area (Å²) in [5.74, 6) is 3.36. The molecule has 1 nitrogen and oxygen atoms in total. The van der Waals surface area contributed by atoms with E-state index in [1.807, 2.05) is 0 Å². The fourth-order valence-electron chi connectivity index (χ4n) is 2.71. The summed E-state index contributed by atoms with van der Waals surface area (Å²) in [7, 11) is 0. The van der Waals surface area contributed by atoms with Crippen molar-refractivity contribution in [2.24, 2.45) is 23.7 Å². The van der Waals surface area contributed by atoms with E-state index in [1.54, 1.807) is 0 Å². The highest BCUT2D eigenvalue weighted by molar-refractivity contribution is 4.57. The van der Waals surface area contributed by atoms with Crippen LogP contribution in [0.4, 0.5) is 0 Å². The van der Waals surface area contributed by atoms with Crippen LogP contribution in [0.25, 0.3) is 0 Å². The first-order valence-corrected chi connectivity index (χ1v) is 9.49. The predicted octanol–water partition coefficient (Wildman–Crippen LogP) is 6.71. The molecule has 0 aromatic heterocycles. The molecule has 0 rings (SSSR count). The number of hydrogen-bond acceptors (Lipinski definition) is 1. The molecule has 0 spiro atoms. The number of rotatable bonds is 14. The highest BCUT2D eigenvalue weighted by Crippen LogP contribution is 2.17. The first kappa shape index (κ1) is 21.0. The van der Waals surface area contributed by atoms with Crippen molar-refractivity contribution in [1.29, 1.82) is 0 Å². The lowest BCUT2D eigenvalue weighted by atomic mass is 9.97. The Labute approximate surface area is 135 Å². The molecule has 0 aromatic rings. The van der Waals surface area contributed by atoms with Gasteiger partial charge in [0.2, 0.25) is 0 Å². The highest BCUT2D eigenvalue weighted by atomic mass is 16.5. The summed E-state index contributed by atoms with van der Waals surface area (Å²) in [4.78, 5) is 0. The summed E-state index contributed by atoms with van der Waals surface area (Å²) < 4.78 is 5.83. The van der Waals surface area contributed by atoms with Gasteiger partial charge < -0.3 is 4.74 Å². The van der Waals surface area contributed by atoms with Gasteiger partial charge in [-0.3, -0.25) is 0 Å². The van der Waals surface area contributed by atoms with E-state index in [1.165, 1.54) is 51.4 Å². The monoisotopic (exact) mass is 298 g/mol. The van der Waals surface area contributed by atoms with Crippen LogP contribution in [0.5, 0.6) is 0 Å². The largest absolute Gasteiger partial charge is 0.381 e. The molecule has 0 aliphatic rings. The van der Waals surface area contributed by atoms with Crippen LogP contribution >= 0.6 is 0 Å². The minimum atomic E-state index is 0.826. The molecule has 0 amide bonds. The third kappa shape index (κ3) is 16.2. The molecule has 0 saturated carbocycles. The second kappa shape index (κ2) is 13.6. The molecular weight excluding hydrogens is 256 g/mol. The predicted molar refractivity (Wildman–Crippen MR) is 95.8 cm³/mol. The fourth-order valence-corrected chi connectivity index (χ4v) is 2.71. The molecule has 0 aliphatic heterocycles. The van der Waals surface area contributed by atoms with Gasteiger partial charge in [-0.05, 0) is 36.5 Å². The minimum absolute atomic E-state index is 0.826. The Morgan fingerprint density at radius 2 is 0.905 bits per heavy atom. The highest BCUT2D eigenvalue weighted by Gasteiger charge is 2.05. The Hall–Kier alpha value is -0.0400. The topological polar surface area (TPSA) is 9.23 Å². The average molecular weight is 299 g/mol. The molecule has 0 aliphatic carbocycles. The smallest absolute Gasteiger partial charge is 0.0468 e. The molecule has 128 valence electrons. The first-order chi connectivity index (χ1) is 9.91. The summed E-state index contributed by atoms with van der Waals surface area (Å²) in [6.45, 7) is 15.9. The minimum Gasteiger partial charge on any atom is -0.381 e. The van der Waals surface area contributed by atoms with E-state index in [0.717, 1.165) is 36.9 Å². The van der Waals surface area contributed by atoms with Gasteiger partial charge in [-0.1, -0.05) is 80.1 Å². The van der Waals surface area contributed by atoms with Gasteiger partial charge in [-0.15, -0.1) is 0 Å². The summed E-state index contributed by atoms with van der Waals surface area (Å²) in [5.41, 5.74) is 0. The fraction of sp³-hybridized carbons (Fsp3) is 1.00. The lowest BCUT2D eigenvalue weighted by Gasteiger charge is -2.14. The maximum absolute atomic E-state index is 5.83. The number of hydrogen-bond donors (Lipinski definition) is 0. The molecule has 0 aromatic carbocycles. The van der Waals surface area contributed by atoms with E-state index >= 15 is 0 Å². The van der Waals surface area contributed by atoms with Crippen molar-refractivity contribution in [2.75, 3.05) is 13.2 Å². The maximum atomic E-state index is 5.83. The van der Waals surface area contributed by atoms with Gasteiger partial charge in [-0.25, -0.2) is 0 Å². The van der Waals surface area contributed by atoms with Gasteiger partial charge in [0, 0.05) is 13.2 Å². The summed E-state index contributed by atoms with van der Waals surface area (Å²) in [5, 5.41) is 0. The zero-order valence-corrected chi connectivity index (χ0v) is 15.8. The van der Waals surface area contributed by atoms with Gasteiger partial charge in [0.25, 0.3) is 0 Å². The van der Waals surface area contributed by atoms with E-state index < -0.39 is 0 Å². The van der Waals surface area contributed by atoms with Crippen molar-refractivity contribution in [3.8, 4) is 0 Å². The lowest BCUT2D eigenvalue weighted by Crippen LogP contribution is -2.06. The lowest BCUT2D eigenvalue weighted by molar-refractivity contribution is 0.108. The second-order valence-corrected chi connectivity index (χ2v) is 8.05.